The summed E-state index contributed by atoms with van der Waals surface area (Å²) in [6.07, 6.45) is 8.87. The molecule has 4 nitrogen and oxygen atoms in total. The van der Waals surface area contributed by atoms with E-state index in [9.17, 15) is 8.78 Å². The van der Waals surface area contributed by atoms with Crippen molar-refractivity contribution < 1.29 is 8.78 Å². The summed E-state index contributed by atoms with van der Waals surface area (Å²) in [4.78, 5) is 2.36. The Bertz CT molecular complexity index is 4790. The molecule has 4 heterocycles. The number of halogens is 2. The second-order valence-corrected chi connectivity index (χ2v) is 20.7. The zero-order valence-electron chi connectivity index (χ0n) is 41.6. The Hall–Kier alpha value is -9.52. The molecule has 360 valence electrons. The van der Waals surface area contributed by atoms with Crippen molar-refractivity contribution in [2.24, 2.45) is 0 Å². The second kappa shape index (κ2) is 16.0. The minimum atomic E-state index is -0.254. The van der Waals surface area contributed by atoms with Crippen LogP contribution in [0.5, 0.6) is 0 Å². The van der Waals surface area contributed by atoms with Crippen LogP contribution < -0.4 is 4.90 Å². The number of aromatic nitrogens is 3. The highest BCUT2D eigenvalue weighted by Gasteiger charge is 2.38. The Morgan fingerprint density at radius 1 is 0.382 bits per heavy atom. The molecular formula is C70H46F2N4. The van der Waals surface area contributed by atoms with E-state index >= 15 is 0 Å². The first-order valence-electron chi connectivity index (χ1n) is 26.1. The van der Waals surface area contributed by atoms with E-state index in [0.717, 1.165) is 67.1 Å². The van der Waals surface area contributed by atoms with E-state index in [1.54, 1.807) is 12.1 Å². The van der Waals surface area contributed by atoms with E-state index in [0.29, 0.717) is 0 Å². The summed E-state index contributed by atoms with van der Waals surface area (Å²) >= 11 is 0. The fraction of sp³-hybridized carbons (Fsp3) is 0.0571. The molecule has 14 aromatic rings. The van der Waals surface area contributed by atoms with Crippen molar-refractivity contribution >= 4 is 87.3 Å². The predicted octanol–water partition coefficient (Wildman–Crippen LogP) is 18.5. The highest BCUT2D eigenvalue weighted by Crippen LogP contribution is 2.52. The van der Waals surface area contributed by atoms with Gasteiger partial charge in [0.1, 0.15) is 11.6 Å². The normalized spacial score (nSPS) is 15.2. The number of rotatable bonds is 6. The lowest BCUT2D eigenvalue weighted by Crippen LogP contribution is -2.28. The molecule has 0 fully saturated rings. The largest absolute Gasteiger partial charge is 0.333 e. The molecular weight excluding hydrogens is 935 g/mol. The van der Waals surface area contributed by atoms with Gasteiger partial charge < -0.3 is 18.6 Å². The van der Waals surface area contributed by atoms with Gasteiger partial charge >= 0.3 is 0 Å². The average molecular weight is 981 g/mol. The molecule has 0 bridgehead atoms. The van der Waals surface area contributed by atoms with Crippen molar-refractivity contribution in [3.63, 3.8) is 0 Å². The Morgan fingerprint density at radius 2 is 0.895 bits per heavy atom. The molecule has 2 unspecified atom stereocenters. The molecule has 0 radical (unpaired) electrons. The van der Waals surface area contributed by atoms with Gasteiger partial charge in [-0.05, 0) is 166 Å². The monoisotopic (exact) mass is 980 g/mol. The molecule has 6 heteroatoms. The molecule has 0 amide bonds. The van der Waals surface area contributed by atoms with E-state index in [1.807, 2.05) is 24.3 Å². The van der Waals surface area contributed by atoms with E-state index in [2.05, 4.69) is 214 Å². The van der Waals surface area contributed by atoms with Gasteiger partial charge in [0, 0.05) is 66.7 Å². The van der Waals surface area contributed by atoms with Crippen molar-refractivity contribution in [3.8, 4) is 39.6 Å². The van der Waals surface area contributed by atoms with E-state index < -0.39 is 0 Å². The first-order valence-corrected chi connectivity index (χ1v) is 26.1. The lowest BCUT2D eigenvalue weighted by Gasteiger charge is -2.28. The zero-order chi connectivity index (χ0) is 50.5. The molecule has 0 spiro atoms. The van der Waals surface area contributed by atoms with Crippen LogP contribution in [0, 0.1) is 25.5 Å². The van der Waals surface area contributed by atoms with Crippen LogP contribution in [0.2, 0.25) is 0 Å². The Balaban J connectivity index is 0.975. The summed E-state index contributed by atoms with van der Waals surface area (Å²) in [5.74, 6) is -0.373. The van der Waals surface area contributed by atoms with Crippen molar-refractivity contribution in [3.05, 3.63) is 259 Å². The fourth-order valence-corrected chi connectivity index (χ4v) is 13.5. The first-order chi connectivity index (χ1) is 37.4. The maximum atomic E-state index is 14.3. The van der Waals surface area contributed by atoms with Crippen LogP contribution >= 0.6 is 0 Å². The topological polar surface area (TPSA) is 18.0 Å². The zero-order valence-corrected chi connectivity index (χ0v) is 41.6. The van der Waals surface area contributed by atoms with Gasteiger partial charge in [-0.25, -0.2) is 8.78 Å². The third-order valence-electron chi connectivity index (χ3n) is 16.7. The van der Waals surface area contributed by atoms with E-state index in [-0.39, 0.29) is 23.6 Å². The highest BCUT2D eigenvalue weighted by molar-refractivity contribution is 6.33. The summed E-state index contributed by atoms with van der Waals surface area (Å²) < 4.78 is 35.9. The van der Waals surface area contributed by atoms with Crippen LogP contribution in [0.1, 0.15) is 22.6 Å². The fourth-order valence-electron chi connectivity index (χ4n) is 13.5. The van der Waals surface area contributed by atoms with Gasteiger partial charge in [-0.2, -0.15) is 0 Å². The molecule has 2 atom stereocenters. The second-order valence-electron chi connectivity index (χ2n) is 20.7. The van der Waals surface area contributed by atoms with Crippen LogP contribution in [-0.2, 0) is 0 Å². The standard InChI is InChI=1S/C70H46F2N4/c1-41-57-37-45-21-34-56-66-46(38-58-42(2)68(44-15-7-4-8-16-44)76(70(56)58)52-32-36-64-60(40-52)54-18-10-12-20-62(54)74(64)50-29-25-48(72)26-30-50)22-33-55(65(45)66)69(57)75(67(41)43-13-5-3-6-14-43)51-31-35-63-59(39-51)53-17-9-11-19-61(53)73(63)49-27-23-47(71)24-28-49/h3-40,53,61H,1-2H3. The lowest BCUT2D eigenvalue weighted by atomic mass is 9.90. The summed E-state index contributed by atoms with van der Waals surface area (Å²) in [6.45, 7) is 4.56. The number of benzene rings is 11. The van der Waals surface area contributed by atoms with Crippen molar-refractivity contribution in [2.45, 2.75) is 25.8 Å². The van der Waals surface area contributed by atoms with Crippen molar-refractivity contribution in [1.82, 2.24) is 13.7 Å². The SMILES string of the molecule is Cc1c(-c2ccccc2)n(-c2ccc3c(c2)C2C=CC=CC2N3c2ccc(F)cc2)c2c1cc1ccc3c4c(ccc2c14)cc1c(C)c(-c2ccccc2)n(-c2ccc4c(c2)c2ccccc2n4-c2ccc(F)cc2)c13. The van der Waals surface area contributed by atoms with Gasteiger partial charge in [0.05, 0.1) is 39.5 Å². The van der Waals surface area contributed by atoms with Gasteiger partial charge in [0.15, 0.2) is 0 Å². The summed E-state index contributed by atoms with van der Waals surface area (Å²) in [7, 11) is 0. The van der Waals surface area contributed by atoms with Crippen LogP contribution in [-0.4, -0.2) is 19.7 Å². The molecule has 1 aliphatic carbocycles. The summed E-state index contributed by atoms with van der Waals surface area (Å²) in [5.41, 5.74) is 18.0. The minimum absolute atomic E-state index is 0.0702. The van der Waals surface area contributed by atoms with Crippen LogP contribution in [0.3, 0.4) is 0 Å². The molecule has 0 saturated carbocycles. The molecule has 11 aromatic carbocycles. The maximum absolute atomic E-state index is 14.3. The lowest BCUT2D eigenvalue weighted by molar-refractivity contribution is 0.627. The summed E-state index contributed by atoms with van der Waals surface area (Å²) in [5, 5.41) is 12.0. The summed E-state index contributed by atoms with van der Waals surface area (Å²) in [6, 6.07) is 72.0. The third-order valence-corrected chi connectivity index (χ3v) is 16.7. The number of fused-ring (bicyclic) bond motifs is 10. The van der Waals surface area contributed by atoms with Crippen LogP contribution in [0.15, 0.2) is 231 Å². The van der Waals surface area contributed by atoms with Crippen molar-refractivity contribution in [1.29, 1.82) is 0 Å². The number of aryl methyl sites for hydroxylation is 2. The molecule has 1 aliphatic heterocycles. The van der Waals surface area contributed by atoms with Gasteiger partial charge in [0.2, 0.25) is 0 Å². The van der Waals surface area contributed by atoms with E-state index in [4.69, 9.17) is 0 Å². The average Bonchev–Trinajstić information content (AvgIpc) is 4.23. The Kier molecular flexibility index (Phi) is 9.03. The van der Waals surface area contributed by atoms with Crippen LogP contribution in [0.4, 0.5) is 20.2 Å². The highest BCUT2D eigenvalue weighted by atomic mass is 19.1. The van der Waals surface area contributed by atoms with Crippen molar-refractivity contribution in [2.75, 3.05) is 4.90 Å². The third kappa shape index (κ3) is 5.98. The van der Waals surface area contributed by atoms with E-state index in [1.165, 1.54) is 88.6 Å². The van der Waals surface area contributed by atoms with Gasteiger partial charge in [-0.1, -0.05) is 127 Å². The van der Waals surface area contributed by atoms with Gasteiger partial charge in [-0.3, -0.25) is 0 Å². The molecule has 0 saturated heterocycles. The van der Waals surface area contributed by atoms with Gasteiger partial charge in [0.25, 0.3) is 0 Å². The van der Waals surface area contributed by atoms with Crippen LogP contribution in [0.25, 0.3) is 116 Å². The molecule has 3 aromatic heterocycles. The quantitative estimate of drug-likeness (QED) is 0.152. The smallest absolute Gasteiger partial charge is 0.123 e. The molecule has 76 heavy (non-hydrogen) atoms. The minimum Gasteiger partial charge on any atom is -0.333 e. The number of allylic oxidation sites excluding steroid dienone is 2. The molecule has 2 aliphatic rings. The number of hydrogen-bond donors (Lipinski definition) is 0. The molecule has 16 rings (SSSR count). The Morgan fingerprint density at radius 3 is 1.51 bits per heavy atom. The first kappa shape index (κ1) is 42.9. The number of nitrogens with zero attached hydrogens (tertiary/aromatic N) is 4. The number of para-hydroxylation sites is 1. The maximum Gasteiger partial charge on any atom is 0.123 e. The molecule has 0 N–H and O–H groups in total. The number of hydrogen-bond acceptors (Lipinski definition) is 1. The Labute approximate surface area is 436 Å². The van der Waals surface area contributed by atoms with Gasteiger partial charge in [-0.15, -0.1) is 0 Å². The number of anilines is 2. The predicted molar refractivity (Wildman–Crippen MR) is 312 cm³/mol.